The Hall–Kier alpha value is -1.37. The molecule has 3 rings (SSSR count). The first-order valence-corrected chi connectivity index (χ1v) is 9.97. The lowest BCUT2D eigenvalue weighted by Crippen LogP contribution is -2.57. The monoisotopic (exact) mass is 443 g/mol. The molecule has 8 heteroatoms. The van der Waals surface area contributed by atoms with Gasteiger partial charge in [-0.25, -0.2) is 9.67 Å². The fourth-order valence-corrected chi connectivity index (χ4v) is 3.74. The van der Waals surface area contributed by atoms with Crippen LogP contribution in [0.1, 0.15) is 76.1 Å². The summed E-state index contributed by atoms with van der Waals surface area (Å²) in [5, 5.41) is 9.09. The van der Waals surface area contributed by atoms with Gasteiger partial charge in [0.2, 0.25) is 0 Å². The zero-order valence-electron chi connectivity index (χ0n) is 18.7. The third-order valence-electron chi connectivity index (χ3n) is 5.59. The van der Waals surface area contributed by atoms with E-state index >= 15 is 0 Å². The number of amides is 1. The van der Waals surface area contributed by atoms with Crippen molar-refractivity contribution in [2.24, 2.45) is 0 Å². The molecule has 29 heavy (non-hydrogen) atoms. The second-order valence-corrected chi connectivity index (χ2v) is 9.10. The number of carbonyl (C=O) groups is 1. The summed E-state index contributed by atoms with van der Waals surface area (Å²) < 4.78 is 1.96. The predicted octanol–water partition coefficient (Wildman–Crippen LogP) is 4.28. The minimum absolute atomic E-state index is 0. The van der Waals surface area contributed by atoms with Crippen LogP contribution in [0.25, 0.3) is 11.0 Å². The molecule has 2 unspecified atom stereocenters. The SMILES string of the molecule is Cc1nn(C(C)(C)C)c2nc(C(C)C)cc(C(=O)N3CCNC(C)C3C)c12.Cl.Cl. The minimum Gasteiger partial charge on any atom is -0.333 e. The number of nitrogens with zero attached hydrogens (tertiary/aromatic N) is 4. The number of hydrogen-bond donors (Lipinski definition) is 1. The largest absolute Gasteiger partial charge is 0.333 e. The molecule has 6 nitrogen and oxygen atoms in total. The third kappa shape index (κ3) is 4.70. The Morgan fingerprint density at radius 1 is 1.24 bits per heavy atom. The normalized spacial score (nSPS) is 19.8. The van der Waals surface area contributed by atoms with Gasteiger partial charge in [0.1, 0.15) is 0 Å². The van der Waals surface area contributed by atoms with Crippen LogP contribution < -0.4 is 5.32 Å². The predicted molar refractivity (Wildman–Crippen MR) is 124 cm³/mol. The minimum atomic E-state index is -0.202. The molecule has 1 aliphatic rings. The summed E-state index contributed by atoms with van der Waals surface area (Å²) >= 11 is 0. The van der Waals surface area contributed by atoms with Crippen molar-refractivity contribution < 1.29 is 4.79 Å². The standard InChI is InChI=1S/C21H33N5O.2ClH/c1-12(2)17-11-16(20(27)25-10-9-22-13(3)15(25)5)18-14(4)24-26(19(18)23-17)21(6,7)8;;/h11-13,15,22H,9-10H2,1-8H3;2*1H. The first-order valence-electron chi connectivity index (χ1n) is 9.97. The first-order chi connectivity index (χ1) is 12.5. The maximum atomic E-state index is 13.6. The Kier molecular flexibility index (Phi) is 8.13. The Labute approximate surface area is 186 Å². The van der Waals surface area contributed by atoms with E-state index in [-0.39, 0.29) is 54.3 Å². The average Bonchev–Trinajstić information content (AvgIpc) is 2.93. The van der Waals surface area contributed by atoms with Crippen molar-refractivity contribution in [2.75, 3.05) is 13.1 Å². The molecule has 0 bridgehead atoms. The highest BCUT2D eigenvalue weighted by Crippen LogP contribution is 2.30. The number of hydrogen-bond acceptors (Lipinski definition) is 4. The van der Waals surface area contributed by atoms with Crippen molar-refractivity contribution in [1.82, 2.24) is 25.0 Å². The van der Waals surface area contributed by atoms with E-state index in [0.29, 0.717) is 0 Å². The van der Waals surface area contributed by atoms with Crippen molar-refractivity contribution >= 4 is 41.8 Å². The zero-order valence-corrected chi connectivity index (χ0v) is 20.4. The smallest absolute Gasteiger partial charge is 0.255 e. The Morgan fingerprint density at radius 2 is 1.86 bits per heavy atom. The molecule has 164 valence electrons. The first kappa shape index (κ1) is 25.7. The van der Waals surface area contributed by atoms with Gasteiger partial charge in [0.25, 0.3) is 5.91 Å². The Balaban J connectivity index is 0.00000210. The molecular formula is C21H35Cl2N5O. The molecule has 1 amide bonds. The van der Waals surface area contributed by atoms with Crippen LogP contribution in [0.2, 0.25) is 0 Å². The van der Waals surface area contributed by atoms with Crippen molar-refractivity contribution in [3.63, 3.8) is 0 Å². The summed E-state index contributed by atoms with van der Waals surface area (Å²) in [6.45, 7) is 18.3. The lowest BCUT2D eigenvalue weighted by atomic mass is 10.0. The fourth-order valence-electron chi connectivity index (χ4n) is 3.74. The number of fused-ring (bicyclic) bond motifs is 1. The molecule has 1 N–H and O–H groups in total. The molecule has 0 saturated carbocycles. The molecule has 1 fully saturated rings. The van der Waals surface area contributed by atoms with Crippen LogP contribution in [-0.2, 0) is 5.54 Å². The second-order valence-electron chi connectivity index (χ2n) is 9.10. The summed E-state index contributed by atoms with van der Waals surface area (Å²) in [6, 6.07) is 2.41. The van der Waals surface area contributed by atoms with E-state index in [4.69, 9.17) is 10.1 Å². The highest BCUT2D eigenvalue weighted by Gasteiger charge is 2.32. The van der Waals surface area contributed by atoms with Crippen molar-refractivity contribution in [3.8, 4) is 0 Å². The van der Waals surface area contributed by atoms with E-state index in [9.17, 15) is 4.79 Å². The van der Waals surface area contributed by atoms with E-state index in [1.54, 1.807) is 0 Å². The number of piperazine rings is 1. The van der Waals surface area contributed by atoms with Gasteiger partial charge >= 0.3 is 0 Å². The fraction of sp³-hybridized carbons (Fsp3) is 0.667. The lowest BCUT2D eigenvalue weighted by molar-refractivity contribution is 0.0604. The molecule has 0 radical (unpaired) electrons. The van der Waals surface area contributed by atoms with Gasteiger partial charge in [0.15, 0.2) is 5.65 Å². The maximum absolute atomic E-state index is 13.6. The van der Waals surface area contributed by atoms with Gasteiger partial charge in [-0.15, -0.1) is 24.8 Å². The van der Waals surface area contributed by atoms with Gasteiger partial charge in [0.05, 0.1) is 22.2 Å². The molecule has 2 aromatic heterocycles. The molecule has 1 saturated heterocycles. The van der Waals surface area contributed by atoms with E-state index in [2.05, 4.69) is 53.8 Å². The van der Waals surface area contributed by atoms with E-state index in [1.165, 1.54) is 0 Å². The average molecular weight is 444 g/mol. The van der Waals surface area contributed by atoms with Gasteiger partial charge in [-0.05, 0) is 53.5 Å². The third-order valence-corrected chi connectivity index (χ3v) is 5.59. The maximum Gasteiger partial charge on any atom is 0.255 e. The van der Waals surface area contributed by atoms with Crippen LogP contribution in [0.4, 0.5) is 0 Å². The van der Waals surface area contributed by atoms with Gasteiger partial charge in [0, 0.05) is 30.9 Å². The van der Waals surface area contributed by atoms with Crippen LogP contribution >= 0.6 is 24.8 Å². The van der Waals surface area contributed by atoms with E-state index in [0.717, 1.165) is 41.1 Å². The molecule has 1 aliphatic heterocycles. The van der Waals surface area contributed by atoms with Crippen LogP contribution in [0.5, 0.6) is 0 Å². The zero-order chi connectivity index (χ0) is 20.1. The molecule has 3 heterocycles. The van der Waals surface area contributed by atoms with Gasteiger partial charge in [-0.3, -0.25) is 4.79 Å². The summed E-state index contributed by atoms with van der Waals surface area (Å²) in [4.78, 5) is 20.5. The number of rotatable bonds is 2. The number of aromatic nitrogens is 3. The molecule has 0 aromatic carbocycles. The second kappa shape index (κ2) is 9.19. The number of carbonyl (C=O) groups excluding carboxylic acids is 1. The van der Waals surface area contributed by atoms with Crippen molar-refractivity contribution in [3.05, 3.63) is 23.0 Å². The van der Waals surface area contributed by atoms with Crippen molar-refractivity contribution in [2.45, 2.75) is 78.9 Å². The molecule has 2 aromatic rings. The summed E-state index contributed by atoms with van der Waals surface area (Å²) in [7, 11) is 0. The quantitative estimate of drug-likeness (QED) is 0.751. The Bertz CT molecular complexity index is 872. The highest BCUT2D eigenvalue weighted by atomic mass is 35.5. The topological polar surface area (TPSA) is 63.1 Å². The van der Waals surface area contributed by atoms with E-state index in [1.807, 2.05) is 22.6 Å². The van der Waals surface area contributed by atoms with Gasteiger partial charge in [-0.1, -0.05) is 13.8 Å². The van der Waals surface area contributed by atoms with Crippen LogP contribution in [0.3, 0.4) is 0 Å². The van der Waals surface area contributed by atoms with Crippen LogP contribution in [0.15, 0.2) is 6.07 Å². The molecule has 2 atom stereocenters. The van der Waals surface area contributed by atoms with Gasteiger partial charge < -0.3 is 10.2 Å². The number of aryl methyl sites for hydroxylation is 1. The summed E-state index contributed by atoms with van der Waals surface area (Å²) in [5.41, 5.74) is 3.14. The lowest BCUT2D eigenvalue weighted by Gasteiger charge is -2.38. The number of pyridine rings is 1. The van der Waals surface area contributed by atoms with Crippen LogP contribution in [-0.4, -0.2) is 50.7 Å². The van der Waals surface area contributed by atoms with E-state index < -0.39 is 0 Å². The summed E-state index contributed by atoms with van der Waals surface area (Å²) in [6.07, 6.45) is 0. The Morgan fingerprint density at radius 3 is 2.41 bits per heavy atom. The number of nitrogens with one attached hydrogen (secondary N) is 1. The van der Waals surface area contributed by atoms with Gasteiger partial charge in [-0.2, -0.15) is 5.10 Å². The molecular weight excluding hydrogens is 409 g/mol. The summed E-state index contributed by atoms with van der Waals surface area (Å²) in [5.74, 6) is 0.325. The molecule has 0 aliphatic carbocycles. The highest BCUT2D eigenvalue weighted by molar-refractivity contribution is 6.06. The number of halogens is 2. The van der Waals surface area contributed by atoms with Crippen molar-refractivity contribution in [1.29, 1.82) is 0 Å². The molecule has 0 spiro atoms. The van der Waals surface area contributed by atoms with Crippen LogP contribution in [0, 0.1) is 6.92 Å².